The highest BCUT2D eigenvalue weighted by Crippen LogP contribution is 1.99. The van der Waals surface area contributed by atoms with Crippen LogP contribution in [0.25, 0.3) is 0 Å². The van der Waals surface area contributed by atoms with Crippen molar-refractivity contribution in [3.8, 4) is 0 Å². The molecule has 0 unspecified atom stereocenters. The maximum Gasteiger partial charge on any atom is 0.129 e. The van der Waals surface area contributed by atoms with Gasteiger partial charge in [-0.2, -0.15) is 0 Å². The monoisotopic (exact) mass is 157 g/mol. The SMILES string of the molecule is C=C(N)CCCC(C)=O.CC. The topological polar surface area (TPSA) is 43.1 Å². The summed E-state index contributed by atoms with van der Waals surface area (Å²) in [5.74, 6) is 0.219. The minimum Gasteiger partial charge on any atom is -0.403 e. The zero-order valence-electron chi connectivity index (χ0n) is 7.81. The molecular formula is C9H19NO. The van der Waals surface area contributed by atoms with Crippen molar-refractivity contribution in [1.82, 2.24) is 0 Å². The van der Waals surface area contributed by atoms with Crippen LogP contribution in [0.4, 0.5) is 0 Å². The Morgan fingerprint density at radius 3 is 2.09 bits per heavy atom. The lowest BCUT2D eigenvalue weighted by atomic mass is 10.2. The minimum absolute atomic E-state index is 0.219. The highest BCUT2D eigenvalue weighted by Gasteiger charge is 1.92. The summed E-state index contributed by atoms with van der Waals surface area (Å²) >= 11 is 0. The Bertz CT molecular complexity index is 105. The van der Waals surface area contributed by atoms with E-state index >= 15 is 0 Å². The Labute approximate surface area is 69.5 Å². The van der Waals surface area contributed by atoms with E-state index in [0.29, 0.717) is 12.1 Å². The fourth-order valence-corrected chi connectivity index (χ4v) is 0.564. The lowest BCUT2D eigenvalue weighted by Crippen LogP contribution is -1.96. The van der Waals surface area contributed by atoms with Crippen molar-refractivity contribution in [3.05, 3.63) is 12.3 Å². The van der Waals surface area contributed by atoms with Crippen LogP contribution in [0, 0.1) is 0 Å². The maximum atomic E-state index is 10.4. The first kappa shape index (κ1) is 12.8. The van der Waals surface area contributed by atoms with Crippen molar-refractivity contribution in [2.24, 2.45) is 5.73 Å². The molecule has 0 aliphatic rings. The minimum atomic E-state index is 0.219. The predicted molar refractivity (Wildman–Crippen MR) is 49.2 cm³/mol. The largest absolute Gasteiger partial charge is 0.403 e. The molecule has 11 heavy (non-hydrogen) atoms. The third kappa shape index (κ3) is 17.6. The molecule has 0 saturated carbocycles. The summed E-state index contributed by atoms with van der Waals surface area (Å²) in [4.78, 5) is 10.4. The van der Waals surface area contributed by atoms with Gasteiger partial charge in [0.1, 0.15) is 5.78 Å². The van der Waals surface area contributed by atoms with Crippen LogP contribution < -0.4 is 5.73 Å². The third-order valence-electron chi connectivity index (χ3n) is 1.03. The van der Waals surface area contributed by atoms with Gasteiger partial charge in [0.15, 0.2) is 0 Å². The van der Waals surface area contributed by atoms with Crippen LogP contribution in [0.5, 0.6) is 0 Å². The fourth-order valence-electron chi connectivity index (χ4n) is 0.564. The molecule has 66 valence electrons. The zero-order chi connectivity index (χ0) is 9.28. The number of hydrogen-bond donors (Lipinski definition) is 1. The van der Waals surface area contributed by atoms with Crippen molar-refractivity contribution in [1.29, 1.82) is 0 Å². The molecule has 0 aromatic rings. The summed E-state index contributed by atoms with van der Waals surface area (Å²) in [5, 5.41) is 0. The molecule has 0 bridgehead atoms. The van der Waals surface area contributed by atoms with Crippen LogP contribution in [0.2, 0.25) is 0 Å². The molecule has 0 aliphatic heterocycles. The Morgan fingerprint density at radius 1 is 1.36 bits per heavy atom. The van der Waals surface area contributed by atoms with Gasteiger partial charge < -0.3 is 10.5 Å². The molecule has 0 aromatic heterocycles. The number of carbonyl (C=O) groups is 1. The van der Waals surface area contributed by atoms with E-state index in [1.807, 2.05) is 13.8 Å². The van der Waals surface area contributed by atoms with Crippen LogP contribution in [0.15, 0.2) is 12.3 Å². The van der Waals surface area contributed by atoms with Crippen molar-refractivity contribution in [3.63, 3.8) is 0 Å². The van der Waals surface area contributed by atoms with E-state index in [2.05, 4.69) is 6.58 Å². The Hall–Kier alpha value is -0.790. The van der Waals surface area contributed by atoms with Gasteiger partial charge in [0.2, 0.25) is 0 Å². The molecule has 0 fully saturated rings. The van der Waals surface area contributed by atoms with Crippen LogP contribution in [0.1, 0.15) is 40.0 Å². The van der Waals surface area contributed by atoms with Gasteiger partial charge in [-0.05, 0) is 19.8 Å². The van der Waals surface area contributed by atoms with E-state index < -0.39 is 0 Å². The van der Waals surface area contributed by atoms with E-state index in [0.717, 1.165) is 12.8 Å². The molecule has 2 N–H and O–H groups in total. The summed E-state index contributed by atoms with van der Waals surface area (Å²) in [6, 6.07) is 0. The predicted octanol–water partition coefficient (Wildman–Crippen LogP) is 2.24. The lowest BCUT2D eigenvalue weighted by molar-refractivity contribution is -0.117. The number of nitrogens with two attached hydrogens (primary N) is 1. The molecule has 0 heterocycles. The summed E-state index contributed by atoms with van der Waals surface area (Å²) < 4.78 is 0. The Morgan fingerprint density at radius 2 is 1.82 bits per heavy atom. The Kier molecular flexibility index (Phi) is 10.8. The number of allylic oxidation sites excluding steroid dienone is 1. The van der Waals surface area contributed by atoms with Crippen molar-refractivity contribution < 1.29 is 4.79 Å². The van der Waals surface area contributed by atoms with Gasteiger partial charge in [-0.1, -0.05) is 20.4 Å². The van der Waals surface area contributed by atoms with Gasteiger partial charge in [-0.25, -0.2) is 0 Å². The molecule has 0 aromatic carbocycles. The zero-order valence-corrected chi connectivity index (χ0v) is 7.81. The summed E-state index contributed by atoms with van der Waals surface area (Å²) in [6.45, 7) is 9.10. The third-order valence-corrected chi connectivity index (χ3v) is 1.03. The van der Waals surface area contributed by atoms with Crippen LogP contribution in [-0.2, 0) is 4.79 Å². The second-order valence-electron chi connectivity index (χ2n) is 2.21. The highest BCUT2D eigenvalue weighted by atomic mass is 16.1. The van der Waals surface area contributed by atoms with Crippen molar-refractivity contribution in [2.75, 3.05) is 0 Å². The standard InChI is InChI=1S/C7H13NO.C2H6/c1-6(8)4-3-5-7(2)9;1-2/h1,3-5,8H2,2H3;1-2H3. The molecule has 0 rings (SSSR count). The van der Waals surface area contributed by atoms with Crippen molar-refractivity contribution >= 4 is 5.78 Å². The number of hydrogen-bond acceptors (Lipinski definition) is 2. The van der Waals surface area contributed by atoms with E-state index in [9.17, 15) is 4.79 Å². The summed E-state index contributed by atoms with van der Waals surface area (Å²) in [6.07, 6.45) is 2.22. The van der Waals surface area contributed by atoms with E-state index in [4.69, 9.17) is 5.73 Å². The second kappa shape index (κ2) is 9.21. The number of Topliss-reactive ketones (excluding diaryl/α,β-unsaturated/α-hetero) is 1. The second-order valence-corrected chi connectivity index (χ2v) is 2.21. The van der Waals surface area contributed by atoms with E-state index in [-0.39, 0.29) is 5.78 Å². The summed E-state index contributed by atoms with van der Waals surface area (Å²) in [5.41, 5.74) is 5.94. The Balaban J connectivity index is 0. The van der Waals surface area contributed by atoms with Gasteiger partial charge in [-0.3, -0.25) is 0 Å². The number of rotatable bonds is 4. The van der Waals surface area contributed by atoms with Crippen molar-refractivity contribution in [2.45, 2.75) is 40.0 Å². The first-order valence-corrected chi connectivity index (χ1v) is 4.05. The highest BCUT2D eigenvalue weighted by molar-refractivity contribution is 5.75. The van der Waals surface area contributed by atoms with Crippen LogP contribution >= 0.6 is 0 Å². The lowest BCUT2D eigenvalue weighted by Gasteiger charge is -1.94. The van der Waals surface area contributed by atoms with Gasteiger partial charge in [-0.15, -0.1) is 0 Å². The smallest absolute Gasteiger partial charge is 0.129 e. The quantitative estimate of drug-likeness (QED) is 0.680. The van der Waals surface area contributed by atoms with Crippen LogP contribution in [-0.4, -0.2) is 5.78 Å². The fraction of sp³-hybridized carbons (Fsp3) is 0.667. The molecule has 2 nitrogen and oxygen atoms in total. The molecule has 0 radical (unpaired) electrons. The average molecular weight is 157 g/mol. The first-order chi connectivity index (χ1) is 5.13. The molecule has 0 amide bonds. The molecule has 0 atom stereocenters. The number of carbonyl (C=O) groups excluding carboxylic acids is 1. The van der Waals surface area contributed by atoms with E-state index in [1.165, 1.54) is 0 Å². The van der Waals surface area contributed by atoms with Crippen LogP contribution in [0.3, 0.4) is 0 Å². The molecule has 2 heteroatoms. The normalized spacial score (nSPS) is 7.91. The van der Waals surface area contributed by atoms with Gasteiger partial charge in [0.05, 0.1) is 0 Å². The van der Waals surface area contributed by atoms with E-state index in [1.54, 1.807) is 6.92 Å². The maximum absolute atomic E-state index is 10.4. The van der Waals surface area contributed by atoms with Gasteiger partial charge in [0.25, 0.3) is 0 Å². The van der Waals surface area contributed by atoms with Gasteiger partial charge >= 0.3 is 0 Å². The number of ketones is 1. The summed E-state index contributed by atoms with van der Waals surface area (Å²) in [7, 11) is 0. The molecule has 0 saturated heterocycles. The molecule has 0 spiro atoms. The van der Waals surface area contributed by atoms with Gasteiger partial charge in [0, 0.05) is 12.1 Å². The average Bonchev–Trinajstić information content (AvgIpc) is 1.90. The molecular weight excluding hydrogens is 138 g/mol. The molecule has 0 aliphatic carbocycles. The first-order valence-electron chi connectivity index (χ1n) is 4.05.